The number of nitrogens with zero attached hydrogens (tertiary/aromatic N) is 1. The molecule has 0 radical (unpaired) electrons. The van der Waals surface area contributed by atoms with Gasteiger partial charge in [0.2, 0.25) is 5.60 Å². The largest absolute Gasteiger partial charge is 0.492 e. The van der Waals surface area contributed by atoms with E-state index in [4.69, 9.17) is 14.5 Å². The second-order valence-corrected chi connectivity index (χ2v) is 11.3. The van der Waals surface area contributed by atoms with E-state index in [0.717, 1.165) is 28.3 Å². The zero-order valence-electron chi connectivity index (χ0n) is 22.8. The van der Waals surface area contributed by atoms with Crippen LogP contribution in [0.1, 0.15) is 54.8 Å². The lowest BCUT2D eigenvalue weighted by Crippen LogP contribution is -2.41. The fourth-order valence-corrected chi connectivity index (χ4v) is 5.99. The summed E-state index contributed by atoms with van der Waals surface area (Å²) in [4.78, 5) is 17.5. The molecule has 0 amide bonds. The number of allylic oxidation sites excluding steroid dienone is 3. The maximum atomic E-state index is 13.0. The monoisotopic (exact) mass is 571 g/mol. The Morgan fingerprint density at radius 1 is 1.12 bits per heavy atom. The van der Waals surface area contributed by atoms with Gasteiger partial charge in [-0.05, 0) is 69.5 Å². The number of hydrogen-bond acceptors (Lipinski definition) is 5. The number of benzene rings is 2. The van der Waals surface area contributed by atoms with Gasteiger partial charge in [-0.15, -0.1) is 11.3 Å². The normalized spacial score (nSPS) is 18.4. The number of aliphatic carboxylic acids is 1. The van der Waals surface area contributed by atoms with Crippen molar-refractivity contribution < 1.29 is 32.5 Å². The first kappa shape index (κ1) is 29.4. The van der Waals surface area contributed by atoms with Crippen LogP contribution in [0.25, 0.3) is 10.6 Å². The Morgan fingerprint density at radius 3 is 2.42 bits per heavy atom. The Morgan fingerprint density at radius 2 is 1.85 bits per heavy atom. The summed E-state index contributed by atoms with van der Waals surface area (Å²) in [7, 11) is 0. The summed E-state index contributed by atoms with van der Waals surface area (Å²) in [5.74, 6) is 0.0916. The lowest BCUT2D eigenvalue weighted by molar-refractivity contribution is -0.154. The Bertz CT molecular complexity index is 1430. The Labute approximate surface area is 236 Å². The summed E-state index contributed by atoms with van der Waals surface area (Å²) in [6, 6.07) is 10.4. The molecule has 1 aromatic heterocycles. The van der Waals surface area contributed by atoms with Gasteiger partial charge in [-0.2, -0.15) is 13.2 Å². The van der Waals surface area contributed by atoms with Gasteiger partial charge in [-0.1, -0.05) is 49.8 Å². The van der Waals surface area contributed by atoms with Crippen molar-refractivity contribution in [1.29, 1.82) is 0 Å². The van der Waals surface area contributed by atoms with Gasteiger partial charge in [0.15, 0.2) is 0 Å². The van der Waals surface area contributed by atoms with E-state index in [9.17, 15) is 23.1 Å². The number of aryl methyl sites for hydroxylation is 2. The molecule has 0 saturated heterocycles. The van der Waals surface area contributed by atoms with E-state index in [1.165, 1.54) is 23.5 Å². The summed E-state index contributed by atoms with van der Waals surface area (Å²) in [6.45, 7) is 7.55. The molecule has 0 fully saturated rings. The van der Waals surface area contributed by atoms with Gasteiger partial charge in [0, 0.05) is 10.4 Å². The molecular weight excluding hydrogens is 539 g/mol. The van der Waals surface area contributed by atoms with Crippen LogP contribution in [0.2, 0.25) is 0 Å². The van der Waals surface area contributed by atoms with Crippen LogP contribution < -0.4 is 9.47 Å². The number of halogens is 3. The van der Waals surface area contributed by atoms with Crippen LogP contribution in [0.5, 0.6) is 11.5 Å². The number of carboxylic acid groups (broad SMARTS) is 1. The fraction of sp³-hybridized carbons (Fsp3) is 0.355. The molecule has 2 unspecified atom stereocenters. The highest BCUT2D eigenvalue weighted by atomic mass is 32.1. The minimum Gasteiger partial charge on any atom is -0.492 e. The molecule has 212 valence electrons. The van der Waals surface area contributed by atoms with Crippen molar-refractivity contribution in [3.05, 3.63) is 88.5 Å². The minimum absolute atomic E-state index is 0.311. The smallest absolute Gasteiger partial charge is 0.416 e. The minimum atomic E-state index is -4.39. The number of ether oxygens (including phenoxy) is 2. The second-order valence-electron chi connectivity index (χ2n) is 10.3. The molecule has 0 saturated carbocycles. The number of rotatable bonds is 10. The molecule has 3 aromatic rings. The topological polar surface area (TPSA) is 68.7 Å². The first-order valence-electron chi connectivity index (χ1n) is 13.0. The van der Waals surface area contributed by atoms with Crippen LogP contribution in [-0.4, -0.2) is 28.3 Å². The van der Waals surface area contributed by atoms with E-state index < -0.39 is 28.7 Å². The van der Waals surface area contributed by atoms with Gasteiger partial charge in [-0.3, -0.25) is 0 Å². The van der Waals surface area contributed by atoms with Gasteiger partial charge < -0.3 is 14.6 Å². The van der Waals surface area contributed by atoms with Gasteiger partial charge in [0.05, 0.1) is 16.7 Å². The molecule has 1 heterocycles. The third kappa shape index (κ3) is 6.25. The predicted octanol–water partition coefficient (Wildman–Crippen LogP) is 8.30. The van der Waals surface area contributed by atoms with Crippen molar-refractivity contribution in [2.45, 2.75) is 64.1 Å². The standard InChI is InChI=1S/C31H32F3NO4S/c1-5-15-29(4,28(36)37)39-25-14-13-24(18-20(25)2)38-19-30(16-7-6-8-17-30)26-21(3)35-27(40-26)22-9-11-23(12-10-22)31(32,33)34/h6-14,16,18H,5,15,17,19H2,1-4H3,(H,36,37). The van der Waals surface area contributed by atoms with Crippen LogP contribution in [-0.2, 0) is 16.4 Å². The second kappa shape index (κ2) is 11.5. The van der Waals surface area contributed by atoms with E-state index >= 15 is 0 Å². The van der Waals surface area contributed by atoms with Crippen LogP contribution in [0.4, 0.5) is 13.2 Å². The van der Waals surface area contributed by atoms with Crippen LogP contribution in [0, 0.1) is 13.8 Å². The van der Waals surface area contributed by atoms with Gasteiger partial charge in [0.25, 0.3) is 0 Å². The maximum absolute atomic E-state index is 13.0. The zero-order valence-corrected chi connectivity index (χ0v) is 23.7. The van der Waals surface area contributed by atoms with Crippen LogP contribution in [0.15, 0.2) is 66.8 Å². The van der Waals surface area contributed by atoms with Gasteiger partial charge >= 0.3 is 12.1 Å². The van der Waals surface area contributed by atoms with E-state index in [1.54, 1.807) is 19.1 Å². The average Bonchev–Trinajstić information content (AvgIpc) is 3.31. The highest BCUT2D eigenvalue weighted by Crippen LogP contribution is 2.42. The SMILES string of the molecule is CCCC(C)(Oc1ccc(OCC2(c3sc(-c4ccc(C(F)(F)F)cc4)nc3C)C=CC=CC2)cc1C)C(=O)O. The number of alkyl halides is 3. The first-order valence-corrected chi connectivity index (χ1v) is 13.8. The molecule has 40 heavy (non-hydrogen) atoms. The van der Waals surface area contributed by atoms with E-state index in [2.05, 4.69) is 12.2 Å². The Balaban J connectivity index is 1.56. The predicted molar refractivity (Wildman–Crippen MR) is 150 cm³/mol. The van der Waals surface area contributed by atoms with Crippen molar-refractivity contribution in [3.63, 3.8) is 0 Å². The Kier molecular flexibility index (Phi) is 8.44. The molecular formula is C31H32F3NO4S. The molecule has 5 nitrogen and oxygen atoms in total. The van der Waals surface area contributed by atoms with Crippen LogP contribution >= 0.6 is 11.3 Å². The number of aromatic nitrogens is 1. The number of carboxylic acids is 1. The molecule has 0 bridgehead atoms. The summed E-state index contributed by atoms with van der Waals surface area (Å²) < 4.78 is 51.3. The molecule has 2 aromatic carbocycles. The molecule has 1 aliphatic carbocycles. The van der Waals surface area contributed by atoms with Crippen molar-refractivity contribution in [2.24, 2.45) is 0 Å². The van der Waals surface area contributed by atoms with Crippen molar-refractivity contribution >= 4 is 17.3 Å². The van der Waals surface area contributed by atoms with E-state index in [1.807, 2.05) is 39.0 Å². The molecule has 2 atom stereocenters. The van der Waals surface area contributed by atoms with Crippen LogP contribution in [0.3, 0.4) is 0 Å². The van der Waals surface area contributed by atoms with Gasteiger partial charge in [0.1, 0.15) is 23.1 Å². The summed E-state index contributed by atoms with van der Waals surface area (Å²) in [5, 5.41) is 10.3. The fourth-order valence-electron chi connectivity index (χ4n) is 4.75. The van der Waals surface area contributed by atoms with E-state index in [0.29, 0.717) is 47.9 Å². The maximum Gasteiger partial charge on any atom is 0.416 e. The Hall–Kier alpha value is -3.59. The molecule has 4 rings (SSSR count). The lowest BCUT2D eigenvalue weighted by Gasteiger charge is -2.31. The van der Waals surface area contributed by atoms with Crippen molar-refractivity contribution in [3.8, 4) is 22.1 Å². The lowest BCUT2D eigenvalue weighted by atomic mass is 9.80. The number of thiazole rings is 1. The van der Waals surface area contributed by atoms with Crippen molar-refractivity contribution in [1.82, 2.24) is 4.98 Å². The van der Waals surface area contributed by atoms with Crippen molar-refractivity contribution in [2.75, 3.05) is 6.61 Å². The molecule has 1 aliphatic rings. The molecule has 1 N–H and O–H groups in total. The first-order chi connectivity index (χ1) is 18.9. The molecule has 0 spiro atoms. The number of hydrogen-bond donors (Lipinski definition) is 1. The summed E-state index contributed by atoms with van der Waals surface area (Å²) in [6.07, 6.45) is 5.41. The highest BCUT2D eigenvalue weighted by Gasteiger charge is 2.37. The molecule has 9 heteroatoms. The quantitative estimate of drug-likeness (QED) is 0.265. The summed E-state index contributed by atoms with van der Waals surface area (Å²) in [5.41, 5.74) is -0.340. The number of carbonyl (C=O) groups is 1. The summed E-state index contributed by atoms with van der Waals surface area (Å²) >= 11 is 1.45. The zero-order chi connectivity index (χ0) is 29.1. The average molecular weight is 572 g/mol. The highest BCUT2D eigenvalue weighted by molar-refractivity contribution is 7.15. The molecule has 0 aliphatic heterocycles. The third-order valence-electron chi connectivity index (χ3n) is 7.01. The van der Waals surface area contributed by atoms with Gasteiger partial charge in [-0.25, -0.2) is 9.78 Å². The van der Waals surface area contributed by atoms with E-state index in [-0.39, 0.29) is 0 Å². The third-order valence-corrected chi connectivity index (χ3v) is 8.44.